The van der Waals surface area contributed by atoms with Gasteiger partial charge in [0.1, 0.15) is 11.6 Å². The fourth-order valence-corrected chi connectivity index (χ4v) is 1.29. The Labute approximate surface area is 87.0 Å². The number of hydrogen-bond acceptors (Lipinski definition) is 5. The molecule has 0 aliphatic heterocycles. The zero-order chi connectivity index (χ0) is 10.8. The average Bonchev–Trinajstić information content (AvgIpc) is 2.27. The monoisotopic (exact) mass is 204 g/mol. The van der Waals surface area contributed by atoms with Crippen molar-refractivity contribution in [3.63, 3.8) is 0 Å². The largest absolute Gasteiger partial charge is 0.385 e. The van der Waals surface area contributed by atoms with E-state index in [0.29, 0.717) is 11.2 Å². The van der Waals surface area contributed by atoms with Crippen LogP contribution < -0.4 is 5.73 Å². The summed E-state index contributed by atoms with van der Waals surface area (Å²) < 4.78 is 0. The van der Waals surface area contributed by atoms with Gasteiger partial charge in [-0.3, -0.25) is 9.97 Å². The normalized spacial score (nSPS) is 15.1. The minimum Gasteiger partial charge on any atom is -0.385 e. The van der Waals surface area contributed by atoms with E-state index in [1.807, 2.05) is 0 Å². The minimum atomic E-state index is -0.790. The highest BCUT2D eigenvalue weighted by atomic mass is 16.3. The van der Waals surface area contributed by atoms with Crippen LogP contribution in [0.4, 0.5) is 0 Å². The predicted octanol–water partition coefficient (Wildman–Crippen LogP) is 0.405. The Hall–Kier alpha value is -1.59. The topological polar surface area (TPSA) is 84.9 Å². The van der Waals surface area contributed by atoms with Gasteiger partial charge in [0, 0.05) is 12.2 Å². The molecule has 0 aliphatic carbocycles. The Kier molecular flexibility index (Phi) is 2.57. The van der Waals surface area contributed by atoms with Crippen LogP contribution >= 0.6 is 0 Å². The van der Waals surface area contributed by atoms with Crippen molar-refractivity contribution in [1.29, 1.82) is 0 Å². The molecule has 2 aromatic rings. The van der Waals surface area contributed by atoms with Crippen LogP contribution in [0.2, 0.25) is 0 Å². The second kappa shape index (κ2) is 3.88. The van der Waals surface area contributed by atoms with Gasteiger partial charge in [0.2, 0.25) is 0 Å². The van der Waals surface area contributed by atoms with Crippen molar-refractivity contribution < 1.29 is 5.11 Å². The quantitative estimate of drug-likeness (QED) is 0.739. The van der Waals surface area contributed by atoms with E-state index in [2.05, 4.69) is 15.0 Å². The predicted molar refractivity (Wildman–Crippen MR) is 55.9 cm³/mol. The number of fused-ring (bicyclic) bond motifs is 1. The number of nitrogens with two attached hydrogens (primary N) is 1. The number of nitrogens with zero attached hydrogens (tertiary/aromatic N) is 3. The molecular weight excluding hydrogens is 192 g/mol. The van der Waals surface area contributed by atoms with Crippen LogP contribution in [0.3, 0.4) is 0 Å². The molecule has 15 heavy (non-hydrogen) atoms. The molecule has 2 aromatic heterocycles. The molecule has 5 heteroatoms. The zero-order valence-electron chi connectivity index (χ0n) is 8.33. The van der Waals surface area contributed by atoms with E-state index >= 15 is 0 Å². The third-order valence-electron chi connectivity index (χ3n) is 2.16. The summed E-state index contributed by atoms with van der Waals surface area (Å²) in [6.45, 7) is 1.72. The molecule has 2 rings (SSSR count). The molecule has 0 saturated heterocycles. The summed E-state index contributed by atoms with van der Waals surface area (Å²) in [5.74, 6) is 0. The van der Waals surface area contributed by atoms with E-state index in [9.17, 15) is 5.11 Å². The first-order valence-corrected chi connectivity index (χ1v) is 4.69. The fourth-order valence-electron chi connectivity index (χ4n) is 1.29. The summed E-state index contributed by atoms with van der Waals surface area (Å²) in [6.07, 6.45) is 4.01. The molecule has 78 valence electrons. The molecule has 0 amide bonds. The van der Waals surface area contributed by atoms with Gasteiger partial charge >= 0.3 is 0 Å². The highest BCUT2D eigenvalue weighted by Gasteiger charge is 2.14. The van der Waals surface area contributed by atoms with Gasteiger partial charge in [-0.2, -0.15) is 0 Å². The lowest BCUT2D eigenvalue weighted by molar-refractivity contribution is 0.149. The summed E-state index contributed by atoms with van der Waals surface area (Å²) >= 11 is 0. The fraction of sp³-hybridized carbons (Fsp3) is 0.300. The zero-order valence-corrected chi connectivity index (χ0v) is 8.33. The third kappa shape index (κ3) is 1.93. The molecule has 0 radical (unpaired) electrons. The maximum absolute atomic E-state index is 9.71. The first-order chi connectivity index (χ1) is 7.18. The van der Waals surface area contributed by atoms with Gasteiger partial charge in [0.15, 0.2) is 0 Å². The maximum Gasteiger partial charge on any atom is 0.112 e. The Bertz CT molecular complexity index is 472. The van der Waals surface area contributed by atoms with Gasteiger partial charge in [-0.05, 0) is 13.0 Å². The van der Waals surface area contributed by atoms with Crippen molar-refractivity contribution in [1.82, 2.24) is 15.0 Å². The van der Waals surface area contributed by atoms with Gasteiger partial charge < -0.3 is 10.8 Å². The molecule has 2 unspecified atom stereocenters. The van der Waals surface area contributed by atoms with Crippen molar-refractivity contribution in [2.24, 2.45) is 5.73 Å². The van der Waals surface area contributed by atoms with E-state index in [1.165, 1.54) is 6.20 Å². The summed E-state index contributed by atoms with van der Waals surface area (Å²) in [7, 11) is 0. The van der Waals surface area contributed by atoms with Gasteiger partial charge in [-0.1, -0.05) is 0 Å². The summed E-state index contributed by atoms with van der Waals surface area (Å²) in [6, 6.07) is 1.40. The van der Waals surface area contributed by atoms with Crippen LogP contribution in [0.25, 0.3) is 11.0 Å². The molecule has 5 nitrogen and oxygen atoms in total. The number of aliphatic hydroxyl groups is 1. The van der Waals surface area contributed by atoms with E-state index in [0.717, 1.165) is 5.52 Å². The Balaban J connectivity index is 2.47. The maximum atomic E-state index is 9.71. The van der Waals surface area contributed by atoms with Gasteiger partial charge in [-0.15, -0.1) is 0 Å². The van der Waals surface area contributed by atoms with E-state index in [1.54, 1.807) is 25.4 Å². The average molecular weight is 204 g/mol. The molecule has 0 fully saturated rings. The molecule has 0 bridgehead atoms. The molecule has 0 spiro atoms. The molecule has 2 atom stereocenters. The Morgan fingerprint density at radius 1 is 1.33 bits per heavy atom. The lowest BCUT2D eigenvalue weighted by atomic mass is 10.1. The molecule has 3 N–H and O–H groups in total. The van der Waals surface area contributed by atoms with Crippen molar-refractivity contribution in [3.8, 4) is 0 Å². The molecular formula is C10H12N4O. The number of aromatic nitrogens is 3. The molecule has 2 heterocycles. The smallest absolute Gasteiger partial charge is 0.112 e. The standard InChI is InChI=1S/C10H12N4O/c1-6(11)10(15)9-5-13-7-2-3-12-4-8(7)14-9/h2-6,10,15H,11H2,1H3. The number of hydrogen-bond donors (Lipinski definition) is 2. The lowest BCUT2D eigenvalue weighted by Crippen LogP contribution is -2.25. The van der Waals surface area contributed by atoms with Gasteiger partial charge in [-0.25, -0.2) is 4.98 Å². The number of pyridine rings is 1. The van der Waals surface area contributed by atoms with Crippen LogP contribution in [0.1, 0.15) is 18.7 Å². The SMILES string of the molecule is CC(N)C(O)c1cnc2ccncc2n1. The Morgan fingerprint density at radius 2 is 2.13 bits per heavy atom. The van der Waals surface area contributed by atoms with Gasteiger partial charge in [0.05, 0.1) is 23.6 Å². The van der Waals surface area contributed by atoms with Crippen LogP contribution in [0.5, 0.6) is 0 Å². The second-order valence-corrected chi connectivity index (χ2v) is 3.46. The van der Waals surface area contributed by atoms with Crippen molar-refractivity contribution in [3.05, 3.63) is 30.4 Å². The third-order valence-corrected chi connectivity index (χ3v) is 2.16. The highest BCUT2D eigenvalue weighted by Crippen LogP contribution is 2.15. The van der Waals surface area contributed by atoms with Crippen molar-refractivity contribution >= 4 is 11.0 Å². The van der Waals surface area contributed by atoms with Crippen molar-refractivity contribution in [2.75, 3.05) is 0 Å². The summed E-state index contributed by atoms with van der Waals surface area (Å²) in [5.41, 5.74) is 7.47. The Morgan fingerprint density at radius 3 is 2.87 bits per heavy atom. The van der Waals surface area contributed by atoms with Crippen LogP contribution in [0.15, 0.2) is 24.7 Å². The molecule has 0 saturated carbocycles. The van der Waals surface area contributed by atoms with Crippen LogP contribution in [-0.2, 0) is 0 Å². The minimum absolute atomic E-state index is 0.367. The highest BCUT2D eigenvalue weighted by molar-refractivity contribution is 5.72. The van der Waals surface area contributed by atoms with Crippen molar-refractivity contribution in [2.45, 2.75) is 19.1 Å². The lowest BCUT2D eigenvalue weighted by Gasteiger charge is -2.13. The first kappa shape index (κ1) is 9.95. The molecule has 0 aliphatic rings. The summed E-state index contributed by atoms with van der Waals surface area (Å²) in [5, 5.41) is 9.71. The van der Waals surface area contributed by atoms with Crippen LogP contribution in [-0.4, -0.2) is 26.1 Å². The first-order valence-electron chi connectivity index (χ1n) is 4.69. The number of rotatable bonds is 2. The molecule has 0 aromatic carbocycles. The van der Waals surface area contributed by atoms with Gasteiger partial charge in [0.25, 0.3) is 0 Å². The van der Waals surface area contributed by atoms with Crippen LogP contribution in [0, 0.1) is 0 Å². The summed E-state index contributed by atoms with van der Waals surface area (Å²) in [4.78, 5) is 12.4. The second-order valence-electron chi connectivity index (χ2n) is 3.46. The number of aliphatic hydroxyl groups excluding tert-OH is 1. The van der Waals surface area contributed by atoms with E-state index in [-0.39, 0.29) is 6.04 Å². The van der Waals surface area contributed by atoms with E-state index in [4.69, 9.17) is 5.73 Å². The van der Waals surface area contributed by atoms with E-state index < -0.39 is 6.10 Å².